The normalized spacial score (nSPS) is 39.1. The second-order valence-electron chi connectivity index (χ2n) is 12.9. The van der Waals surface area contributed by atoms with Crippen LogP contribution in [0.25, 0.3) is 0 Å². The molecule has 0 spiro atoms. The topological polar surface area (TPSA) is 125 Å². The molecule has 8 nitrogen and oxygen atoms in total. The Labute approximate surface area is 229 Å². The Morgan fingerprint density at radius 1 is 0.974 bits per heavy atom. The summed E-state index contributed by atoms with van der Waals surface area (Å²) in [5.41, 5.74) is 6.30. The van der Waals surface area contributed by atoms with Crippen molar-refractivity contribution in [3.8, 4) is 0 Å². The Bertz CT molecular complexity index is 780. The van der Waals surface area contributed by atoms with Crippen LogP contribution in [-0.4, -0.2) is 61.3 Å². The number of carbonyl (C=O) groups is 2. The second-order valence-corrected chi connectivity index (χ2v) is 12.9. The molecule has 0 aromatic carbocycles. The van der Waals surface area contributed by atoms with Crippen LogP contribution < -0.4 is 11.1 Å². The number of quaternary nitrogens is 1. The first-order valence-electron chi connectivity index (χ1n) is 15.4. The highest BCUT2D eigenvalue weighted by molar-refractivity contribution is 5.66. The number of rotatable bonds is 10. The lowest BCUT2D eigenvalue weighted by Crippen LogP contribution is -2.94. The third-order valence-corrected chi connectivity index (χ3v) is 10.4. The molecule has 0 radical (unpaired) electrons. The van der Waals surface area contributed by atoms with Crippen molar-refractivity contribution in [2.45, 2.75) is 128 Å². The fourth-order valence-corrected chi connectivity index (χ4v) is 8.67. The van der Waals surface area contributed by atoms with E-state index in [0.29, 0.717) is 36.0 Å². The predicted octanol–water partition coefficient (Wildman–Crippen LogP) is 2.90. The summed E-state index contributed by atoms with van der Waals surface area (Å²) in [6.07, 6.45) is 12.2. The third kappa shape index (κ3) is 7.92. The van der Waals surface area contributed by atoms with Gasteiger partial charge in [0.2, 0.25) is 0 Å². The van der Waals surface area contributed by atoms with Crippen molar-refractivity contribution in [1.82, 2.24) is 0 Å². The second kappa shape index (κ2) is 13.9. The first-order valence-corrected chi connectivity index (χ1v) is 15.4. The number of methoxy groups -OCH3 is 1. The van der Waals surface area contributed by atoms with Crippen molar-refractivity contribution in [2.75, 3.05) is 13.7 Å². The first kappa shape index (κ1) is 29.8. The van der Waals surface area contributed by atoms with Gasteiger partial charge in [-0.2, -0.15) is 0 Å². The monoisotopic (exact) mass is 537 g/mol. The van der Waals surface area contributed by atoms with Crippen LogP contribution in [0.3, 0.4) is 0 Å². The van der Waals surface area contributed by atoms with E-state index in [1.807, 2.05) is 0 Å². The molecular formula is C30H53N2O6+. The first-order chi connectivity index (χ1) is 18.2. The Balaban J connectivity index is 1.45. The van der Waals surface area contributed by atoms with Gasteiger partial charge in [-0.15, -0.1) is 0 Å². The fraction of sp³-hybridized carbons (Fsp3) is 0.933. The fourth-order valence-electron chi connectivity index (χ4n) is 8.67. The van der Waals surface area contributed by atoms with Gasteiger partial charge in [0.1, 0.15) is 18.4 Å². The average molecular weight is 538 g/mol. The van der Waals surface area contributed by atoms with Gasteiger partial charge in [0.05, 0.1) is 18.8 Å². The lowest BCUT2D eigenvalue weighted by molar-refractivity contribution is -0.699. The SMILES string of the molecule is COC1CC(CCC(CC(OC(C)=O)C2CCC3CCCC2C3)OC(C)=O)C(C2CC[NH2+]C(N)C2)CC1O. The molecule has 4 fully saturated rings. The lowest BCUT2D eigenvalue weighted by Gasteiger charge is -2.45. The Kier molecular flexibility index (Phi) is 10.9. The van der Waals surface area contributed by atoms with E-state index in [-0.39, 0.29) is 36.4 Å². The van der Waals surface area contributed by atoms with E-state index >= 15 is 0 Å². The van der Waals surface area contributed by atoms with E-state index in [1.54, 1.807) is 7.11 Å². The highest BCUT2D eigenvalue weighted by Gasteiger charge is 2.43. The zero-order valence-corrected chi connectivity index (χ0v) is 23.9. The molecule has 218 valence electrons. The molecule has 1 aliphatic heterocycles. The van der Waals surface area contributed by atoms with Crippen LogP contribution in [0.2, 0.25) is 0 Å². The van der Waals surface area contributed by atoms with Crippen molar-refractivity contribution in [2.24, 2.45) is 41.2 Å². The maximum absolute atomic E-state index is 12.1. The number of ether oxygens (including phenoxy) is 3. The van der Waals surface area contributed by atoms with Gasteiger partial charge >= 0.3 is 11.9 Å². The predicted molar refractivity (Wildman–Crippen MR) is 144 cm³/mol. The van der Waals surface area contributed by atoms with Gasteiger partial charge in [-0.05, 0) is 80.5 Å². The minimum Gasteiger partial charge on any atom is -0.462 e. The van der Waals surface area contributed by atoms with Gasteiger partial charge < -0.3 is 24.6 Å². The van der Waals surface area contributed by atoms with Gasteiger partial charge in [-0.3, -0.25) is 15.3 Å². The summed E-state index contributed by atoms with van der Waals surface area (Å²) in [5, 5.41) is 13.0. The molecular weight excluding hydrogens is 484 g/mol. The van der Waals surface area contributed by atoms with Crippen LogP contribution in [0.1, 0.15) is 97.3 Å². The summed E-state index contributed by atoms with van der Waals surface area (Å²) in [4.78, 5) is 24.3. The van der Waals surface area contributed by atoms with E-state index in [0.717, 1.165) is 57.4 Å². The molecule has 8 heteroatoms. The minimum absolute atomic E-state index is 0.125. The summed E-state index contributed by atoms with van der Waals surface area (Å²) >= 11 is 0. The molecule has 3 saturated carbocycles. The summed E-state index contributed by atoms with van der Waals surface area (Å²) in [6.45, 7) is 4.00. The van der Waals surface area contributed by atoms with Crippen LogP contribution in [0.5, 0.6) is 0 Å². The van der Waals surface area contributed by atoms with E-state index in [4.69, 9.17) is 19.9 Å². The Morgan fingerprint density at radius 3 is 2.47 bits per heavy atom. The van der Waals surface area contributed by atoms with E-state index < -0.39 is 6.10 Å². The molecule has 11 unspecified atom stereocenters. The van der Waals surface area contributed by atoms with Crippen molar-refractivity contribution >= 4 is 11.9 Å². The molecule has 2 bridgehead atoms. The number of carbonyl (C=O) groups excluding carboxylic acids is 2. The molecule has 5 N–H and O–H groups in total. The van der Waals surface area contributed by atoms with E-state index in [2.05, 4.69) is 5.32 Å². The van der Waals surface area contributed by atoms with E-state index in [1.165, 1.54) is 46.0 Å². The van der Waals surface area contributed by atoms with Crippen LogP contribution in [0.15, 0.2) is 0 Å². The maximum atomic E-state index is 12.1. The average Bonchev–Trinajstić information content (AvgIpc) is 2.87. The van der Waals surface area contributed by atoms with Gasteiger partial charge in [0.25, 0.3) is 0 Å². The lowest BCUT2D eigenvalue weighted by atomic mass is 9.64. The van der Waals surface area contributed by atoms with Crippen LogP contribution in [-0.2, 0) is 23.8 Å². The zero-order chi connectivity index (χ0) is 27.2. The maximum Gasteiger partial charge on any atom is 0.302 e. The molecule has 11 atom stereocenters. The van der Waals surface area contributed by atoms with Crippen LogP contribution in [0, 0.1) is 35.5 Å². The summed E-state index contributed by atoms with van der Waals surface area (Å²) < 4.78 is 17.5. The molecule has 38 heavy (non-hydrogen) atoms. The molecule has 1 saturated heterocycles. The van der Waals surface area contributed by atoms with Crippen molar-refractivity contribution in [3.63, 3.8) is 0 Å². The zero-order valence-electron chi connectivity index (χ0n) is 23.9. The van der Waals surface area contributed by atoms with Gasteiger partial charge in [0.15, 0.2) is 0 Å². The minimum atomic E-state index is -0.452. The van der Waals surface area contributed by atoms with Gasteiger partial charge in [0, 0.05) is 33.8 Å². The highest BCUT2D eigenvalue weighted by Crippen LogP contribution is 2.46. The highest BCUT2D eigenvalue weighted by atomic mass is 16.6. The number of hydrogen-bond acceptors (Lipinski definition) is 7. The summed E-state index contributed by atoms with van der Waals surface area (Å²) in [5.74, 6) is 2.50. The van der Waals surface area contributed by atoms with Crippen LogP contribution >= 0.6 is 0 Å². The molecule has 4 aliphatic rings. The quantitative estimate of drug-likeness (QED) is 0.366. The summed E-state index contributed by atoms with van der Waals surface area (Å²) in [6, 6.07) is 0. The smallest absolute Gasteiger partial charge is 0.302 e. The number of esters is 2. The molecule has 1 heterocycles. The molecule has 0 amide bonds. The van der Waals surface area contributed by atoms with Gasteiger partial charge in [-0.1, -0.05) is 25.7 Å². The van der Waals surface area contributed by atoms with Crippen molar-refractivity contribution < 1.29 is 34.2 Å². The molecule has 3 aliphatic carbocycles. The molecule has 0 aromatic heterocycles. The van der Waals surface area contributed by atoms with Crippen molar-refractivity contribution in [3.05, 3.63) is 0 Å². The number of aliphatic hydroxyl groups excluding tert-OH is 1. The largest absolute Gasteiger partial charge is 0.462 e. The molecule has 4 rings (SSSR count). The van der Waals surface area contributed by atoms with Crippen molar-refractivity contribution in [1.29, 1.82) is 0 Å². The van der Waals surface area contributed by atoms with Gasteiger partial charge in [-0.25, -0.2) is 0 Å². The number of aliphatic hydroxyl groups is 1. The Hall–Kier alpha value is -1.22. The third-order valence-electron chi connectivity index (χ3n) is 10.4. The number of hydrogen-bond donors (Lipinski definition) is 3. The van der Waals surface area contributed by atoms with E-state index in [9.17, 15) is 14.7 Å². The number of piperidine rings is 1. The summed E-state index contributed by atoms with van der Waals surface area (Å²) in [7, 11) is 1.68. The Morgan fingerprint density at radius 2 is 1.76 bits per heavy atom. The number of fused-ring (bicyclic) bond motifs is 2. The van der Waals surface area contributed by atoms with Crippen LogP contribution in [0.4, 0.5) is 0 Å². The standard InChI is InChI=1S/C30H52N2O6/c1-18(33)37-24(16-28(38-19(2)34)25-10-7-20-5-4-6-21(25)13-20)9-8-22-14-29(36-3)27(35)17-26(22)23-11-12-32-30(31)15-23/h20-30,32,35H,4-17,31H2,1-3H3/p+1. The molecule has 0 aromatic rings. The number of nitrogens with two attached hydrogens (primary N) is 2.